The predicted octanol–water partition coefficient (Wildman–Crippen LogP) is 8.36. The van der Waals surface area contributed by atoms with E-state index in [9.17, 15) is 0 Å². The summed E-state index contributed by atoms with van der Waals surface area (Å²) in [6.07, 6.45) is 10.6. The normalized spacial score (nSPS) is 16.7. The second-order valence-corrected chi connectivity index (χ2v) is 15.4. The highest BCUT2D eigenvalue weighted by molar-refractivity contribution is 6.83. The lowest BCUT2D eigenvalue weighted by atomic mass is 10.0. The van der Waals surface area contributed by atoms with Crippen LogP contribution in [0.3, 0.4) is 0 Å². The lowest BCUT2D eigenvalue weighted by Gasteiger charge is -2.22. The first-order valence-electron chi connectivity index (χ1n) is 12.1. The molecule has 1 heterocycles. The topological polar surface area (TPSA) is 17.3 Å². The van der Waals surface area contributed by atoms with Crippen LogP contribution in [-0.4, -0.2) is 18.4 Å². The van der Waals surface area contributed by atoms with Crippen LogP contribution in [0.2, 0.25) is 19.6 Å². The molecule has 1 aromatic heterocycles. The van der Waals surface area contributed by atoms with Gasteiger partial charge >= 0.3 is 0 Å². The van der Waals surface area contributed by atoms with Gasteiger partial charge in [0.05, 0.1) is 8.07 Å². The zero-order valence-electron chi connectivity index (χ0n) is 20.0. The fourth-order valence-electron chi connectivity index (χ4n) is 5.16. The summed E-state index contributed by atoms with van der Waals surface area (Å²) < 4.78 is 2.41. The molecular formula is C28H38N2Si. The Kier molecular flexibility index (Phi) is 6.52. The Morgan fingerprint density at radius 2 is 1.74 bits per heavy atom. The summed E-state index contributed by atoms with van der Waals surface area (Å²) in [5.41, 5.74) is 4.98. The summed E-state index contributed by atoms with van der Waals surface area (Å²) in [4.78, 5) is 5.00. The number of aromatic nitrogens is 1. The average molecular weight is 431 g/mol. The van der Waals surface area contributed by atoms with E-state index in [-0.39, 0.29) is 0 Å². The molecule has 1 fully saturated rings. The third-order valence-corrected chi connectivity index (χ3v) is 9.49. The van der Waals surface area contributed by atoms with Crippen molar-refractivity contribution in [1.29, 1.82) is 0 Å². The molecule has 2 aromatic carbocycles. The predicted molar refractivity (Wildman–Crippen MR) is 140 cm³/mol. The molecule has 3 aromatic rings. The third-order valence-electron chi connectivity index (χ3n) is 7.18. The lowest BCUT2D eigenvalue weighted by Crippen LogP contribution is -2.24. The molecule has 3 heteroatoms. The summed E-state index contributed by atoms with van der Waals surface area (Å²) in [5.74, 6) is 0.947. The molecule has 1 saturated carbocycles. The number of aryl methyl sites for hydroxylation is 1. The van der Waals surface area contributed by atoms with Crippen molar-refractivity contribution in [2.75, 3.05) is 0 Å². The van der Waals surface area contributed by atoms with E-state index in [1.807, 2.05) is 0 Å². The van der Waals surface area contributed by atoms with Gasteiger partial charge in [0.2, 0.25) is 0 Å². The minimum Gasteiger partial charge on any atom is -0.341 e. The average Bonchev–Trinajstić information content (AvgIpc) is 3.37. The van der Waals surface area contributed by atoms with E-state index in [2.05, 4.69) is 86.7 Å². The molecule has 0 N–H and O–H groups in total. The zero-order valence-corrected chi connectivity index (χ0v) is 21.0. The van der Waals surface area contributed by atoms with Crippen LogP contribution >= 0.6 is 0 Å². The molecule has 31 heavy (non-hydrogen) atoms. The number of aliphatic imine (C=N–C) groups is 1. The van der Waals surface area contributed by atoms with Crippen molar-refractivity contribution in [1.82, 2.24) is 4.57 Å². The van der Waals surface area contributed by atoms with Gasteiger partial charge < -0.3 is 4.57 Å². The van der Waals surface area contributed by atoms with Crippen LogP contribution in [0.1, 0.15) is 57.9 Å². The van der Waals surface area contributed by atoms with E-state index in [4.69, 9.17) is 4.99 Å². The molecule has 0 amide bonds. The molecule has 0 unspecified atom stereocenters. The van der Waals surface area contributed by atoms with Crippen molar-refractivity contribution in [2.24, 2.45) is 10.9 Å². The van der Waals surface area contributed by atoms with Crippen molar-refractivity contribution in [2.45, 2.75) is 78.6 Å². The van der Waals surface area contributed by atoms with Gasteiger partial charge in [-0.1, -0.05) is 74.8 Å². The zero-order chi connectivity index (χ0) is 22.0. The number of nitrogens with zero attached hydrogens (tertiary/aromatic N) is 2. The second kappa shape index (κ2) is 9.16. The van der Waals surface area contributed by atoms with Crippen LogP contribution in [0.4, 0.5) is 0 Å². The van der Waals surface area contributed by atoms with Gasteiger partial charge in [-0.3, -0.25) is 4.99 Å². The molecule has 0 atom stereocenters. The maximum Gasteiger partial charge on any atom is 0.0744 e. The van der Waals surface area contributed by atoms with Gasteiger partial charge in [-0.2, -0.15) is 0 Å². The van der Waals surface area contributed by atoms with Gasteiger partial charge in [-0.05, 0) is 56.4 Å². The molecule has 0 saturated heterocycles. The maximum atomic E-state index is 5.00. The Morgan fingerprint density at radius 3 is 2.45 bits per heavy atom. The summed E-state index contributed by atoms with van der Waals surface area (Å²) in [6.45, 7) is 12.8. The first-order valence-corrected chi connectivity index (χ1v) is 15.6. The first-order chi connectivity index (χ1) is 14.9. The van der Waals surface area contributed by atoms with E-state index in [1.165, 1.54) is 65.9 Å². The minimum atomic E-state index is -1.36. The molecule has 0 spiro atoms. The fourth-order valence-corrected chi connectivity index (χ4v) is 6.51. The van der Waals surface area contributed by atoms with Crippen molar-refractivity contribution >= 4 is 35.6 Å². The Morgan fingerprint density at radius 1 is 1.03 bits per heavy atom. The Labute approximate surface area is 189 Å². The number of hydrogen-bond acceptors (Lipinski definition) is 1. The van der Waals surface area contributed by atoms with E-state index < -0.39 is 8.07 Å². The fraction of sp³-hybridized carbons (Fsp3) is 0.464. The summed E-state index contributed by atoms with van der Waals surface area (Å²) >= 11 is 0. The lowest BCUT2D eigenvalue weighted by molar-refractivity contribution is 0.506. The van der Waals surface area contributed by atoms with Crippen LogP contribution in [0.5, 0.6) is 0 Å². The van der Waals surface area contributed by atoms with Crippen LogP contribution in [0.25, 0.3) is 21.8 Å². The van der Waals surface area contributed by atoms with E-state index in [1.54, 1.807) is 5.20 Å². The monoisotopic (exact) mass is 430 g/mol. The molecular weight excluding hydrogens is 392 g/mol. The molecule has 0 radical (unpaired) electrons. The summed E-state index contributed by atoms with van der Waals surface area (Å²) in [7, 11) is -1.36. The van der Waals surface area contributed by atoms with Gasteiger partial charge in [0.1, 0.15) is 0 Å². The first kappa shape index (κ1) is 22.1. The van der Waals surface area contributed by atoms with Gasteiger partial charge in [-0.25, -0.2) is 0 Å². The largest absolute Gasteiger partial charge is 0.341 e. The number of para-hydroxylation sites is 1. The van der Waals surface area contributed by atoms with Crippen LogP contribution in [0.15, 0.2) is 58.9 Å². The highest BCUT2D eigenvalue weighted by Crippen LogP contribution is 2.32. The van der Waals surface area contributed by atoms with Gasteiger partial charge in [0, 0.05) is 40.3 Å². The SMILES string of the molecule is CCn1c2ccccc2c2cc(/C(C)=N/C=C(\CCC3CCCC3)[Si](C)(C)C)ccc21. The maximum absolute atomic E-state index is 5.00. The molecule has 0 bridgehead atoms. The molecule has 2 nitrogen and oxygen atoms in total. The number of allylic oxidation sites excluding steroid dienone is 1. The van der Waals surface area contributed by atoms with Crippen molar-refractivity contribution < 1.29 is 0 Å². The van der Waals surface area contributed by atoms with Gasteiger partial charge in [-0.15, -0.1) is 0 Å². The number of fused-ring (bicyclic) bond motifs is 3. The van der Waals surface area contributed by atoms with Crippen LogP contribution in [0, 0.1) is 5.92 Å². The van der Waals surface area contributed by atoms with Crippen molar-refractivity contribution in [3.8, 4) is 0 Å². The van der Waals surface area contributed by atoms with Crippen LogP contribution in [-0.2, 0) is 6.54 Å². The molecule has 1 aliphatic rings. The third kappa shape index (κ3) is 4.72. The number of hydrogen-bond donors (Lipinski definition) is 0. The molecule has 1 aliphatic carbocycles. The Balaban J connectivity index is 1.65. The molecule has 164 valence electrons. The van der Waals surface area contributed by atoms with Crippen molar-refractivity contribution in [3.63, 3.8) is 0 Å². The van der Waals surface area contributed by atoms with Crippen molar-refractivity contribution in [3.05, 3.63) is 59.4 Å². The van der Waals surface area contributed by atoms with Crippen LogP contribution < -0.4 is 0 Å². The summed E-state index contributed by atoms with van der Waals surface area (Å²) in [5, 5.41) is 4.28. The van der Waals surface area contributed by atoms with E-state index >= 15 is 0 Å². The Hall–Kier alpha value is -2.13. The highest BCUT2D eigenvalue weighted by Gasteiger charge is 2.22. The van der Waals surface area contributed by atoms with Gasteiger partial charge in [0.15, 0.2) is 0 Å². The minimum absolute atomic E-state index is 0.947. The summed E-state index contributed by atoms with van der Waals surface area (Å²) in [6, 6.07) is 15.6. The highest BCUT2D eigenvalue weighted by atomic mass is 28.3. The number of rotatable bonds is 7. The molecule has 0 aliphatic heterocycles. The van der Waals surface area contributed by atoms with Gasteiger partial charge in [0.25, 0.3) is 0 Å². The van der Waals surface area contributed by atoms with E-state index in [0.29, 0.717) is 0 Å². The molecule has 4 rings (SSSR count). The number of benzene rings is 2. The standard InChI is InChI=1S/C28H38N2Si/c1-6-30-27-14-10-9-13-25(27)26-19-23(16-18-28(26)30)21(2)29-20-24(31(3,4)5)17-15-22-11-7-8-12-22/h9-10,13-14,16,18-20,22H,6-8,11-12,15,17H2,1-5H3/b24-20+,29-21+. The Bertz CT molecular complexity index is 1120. The quantitative estimate of drug-likeness (QED) is 0.265. The van der Waals surface area contributed by atoms with E-state index in [0.717, 1.165) is 18.2 Å². The smallest absolute Gasteiger partial charge is 0.0744 e. The second-order valence-electron chi connectivity index (χ2n) is 10.3.